The smallest absolute Gasteiger partial charge is 0.0289 e. The van der Waals surface area contributed by atoms with Crippen LogP contribution in [0.4, 0.5) is 0 Å². The molecule has 74 valence electrons. The van der Waals surface area contributed by atoms with Crippen molar-refractivity contribution in [1.29, 1.82) is 0 Å². The lowest BCUT2D eigenvalue weighted by Gasteiger charge is -2.16. The normalized spacial score (nSPS) is 59.3. The van der Waals surface area contributed by atoms with Crippen molar-refractivity contribution in [2.75, 3.05) is 0 Å². The summed E-state index contributed by atoms with van der Waals surface area (Å²) >= 11 is 0. The Balaban J connectivity index is 1.87. The molecule has 0 aliphatic heterocycles. The van der Waals surface area contributed by atoms with E-state index in [1.54, 1.807) is 6.42 Å². The molecule has 0 aromatic rings. The van der Waals surface area contributed by atoms with E-state index in [2.05, 4.69) is 34.6 Å². The second kappa shape index (κ2) is 1.85. The summed E-state index contributed by atoms with van der Waals surface area (Å²) in [6, 6.07) is 0. The lowest BCUT2D eigenvalue weighted by atomic mass is 9.89. The average molecular weight is 178 g/mol. The first-order chi connectivity index (χ1) is 5.88. The molecule has 3 fully saturated rings. The highest BCUT2D eigenvalue weighted by Gasteiger charge is 2.73. The van der Waals surface area contributed by atoms with Crippen LogP contribution in [-0.2, 0) is 0 Å². The Bertz CT molecular complexity index is 235. The number of rotatable bonds is 0. The molecule has 4 atom stereocenters. The summed E-state index contributed by atoms with van der Waals surface area (Å²) in [6.07, 6.45) is 1.54. The minimum Gasteiger partial charge on any atom is -0.0619 e. The van der Waals surface area contributed by atoms with Crippen LogP contribution in [0.3, 0.4) is 0 Å². The zero-order chi connectivity index (χ0) is 9.59. The van der Waals surface area contributed by atoms with E-state index in [4.69, 9.17) is 0 Å². The van der Waals surface area contributed by atoms with Gasteiger partial charge in [0.1, 0.15) is 0 Å². The lowest BCUT2D eigenvalue weighted by molar-refractivity contribution is 0.319. The van der Waals surface area contributed by atoms with Gasteiger partial charge in [0.05, 0.1) is 0 Å². The van der Waals surface area contributed by atoms with E-state index in [0.29, 0.717) is 10.8 Å². The molecule has 0 amide bonds. The molecular weight excluding hydrogens is 156 g/mol. The van der Waals surface area contributed by atoms with Crippen molar-refractivity contribution in [2.24, 2.45) is 40.4 Å². The highest BCUT2D eigenvalue weighted by atomic mass is 14.8. The molecule has 4 unspecified atom stereocenters. The highest BCUT2D eigenvalue weighted by Crippen LogP contribution is 2.79. The van der Waals surface area contributed by atoms with Crippen molar-refractivity contribution in [1.82, 2.24) is 0 Å². The fraction of sp³-hybridized carbons (Fsp3) is 1.00. The molecular formula is C13H22. The van der Waals surface area contributed by atoms with Gasteiger partial charge in [0.2, 0.25) is 0 Å². The molecule has 0 N–H and O–H groups in total. The number of hydrogen-bond donors (Lipinski definition) is 0. The van der Waals surface area contributed by atoms with E-state index in [9.17, 15) is 0 Å². The summed E-state index contributed by atoms with van der Waals surface area (Å²) in [5, 5.41) is 0. The summed E-state index contributed by atoms with van der Waals surface area (Å²) in [6.45, 7) is 12.4. The molecule has 0 nitrogen and oxygen atoms in total. The predicted octanol–water partition coefficient (Wildman–Crippen LogP) is 3.57. The van der Waals surface area contributed by atoms with Crippen molar-refractivity contribution in [3.63, 3.8) is 0 Å². The summed E-state index contributed by atoms with van der Waals surface area (Å²) in [4.78, 5) is 0. The van der Waals surface area contributed by atoms with Crippen molar-refractivity contribution in [3.8, 4) is 0 Å². The maximum Gasteiger partial charge on any atom is -0.0289 e. The third kappa shape index (κ3) is 0.750. The molecule has 0 bridgehead atoms. The molecule has 0 saturated heterocycles. The molecule has 0 heterocycles. The minimum absolute atomic E-state index is 0.697. The first-order valence-electron chi connectivity index (χ1n) is 5.88. The maximum absolute atomic E-state index is 2.51. The molecule has 3 rings (SSSR count). The largest absolute Gasteiger partial charge is 0.0619 e. The molecule has 0 aromatic heterocycles. The Hall–Kier alpha value is 0. The summed E-state index contributed by atoms with van der Waals surface area (Å²) in [5.41, 5.74) is 1.39. The number of fused-ring (bicyclic) bond motifs is 2. The first kappa shape index (κ1) is 8.32. The Morgan fingerprint density at radius 2 is 1.23 bits per heavy atom. The van der Waals surface area contributed by atoms with Gasteiger partial charge in [0, 0.05) is 0 Å². The van der Waals surface area contributed by atoms with Crippen molar-refractivity contribution < 1.29 is 0 Å². The molecule has 3 aliphatic rings. The molecule has 13 heavy (non-hydrogen) atoms. The zero-order valence-electron chi connectivity index (χ0n) is 9.59. The maximum atomic E-state index is 2.51. The van der Waals surface area contributed by atoms with Crippen LogP contribution in [0, 0.1) is 40.4 Å². The molecule has 0 heteroatoms. The van der Waals surface area contributed by atoms with Crippen LogP contribution >= 0.6 is 0 Å². The van der Waals surface area contributed by atoms with E-state index >= 15 is 0 Å². The predicted molar refractivity (Wildman–Crippen MR) is 55.3 cm³/mol. The number of hydrogen-bond acceptors (Lipinski definition) is 0. The molecule has 0 radical (unpaired) electrons. The van der Waals surface area contributed by atoms with Gasteiger partial charge in [-0.05, 0) is 46.8 Å². The van der Waals surface area contributed by atoms with Crippen LogP contribution in [0.5, 0.6) is 0 Å². The van der Waals surface area contributed by atoms with E-state index in [0.717, 1.165) is 29.6 Å². The van der Waals surface area contributed by atoms with Crippen LogP contribution < -0.4 is 0 Å². The second-order valence-corrected chi connectivity index (χ2v) is 7.00. The molecule has 0 aromatic carbocycles. The molecule has 0 spiro atoms. The standard InChI is InChI=1S/C13H22/c1-7-10-8(12(10,2)3)6-9-11(7)13(9,4)5/h7-11H,6H2,1-5H3. The van der Waals surface area contributed by atoms with Gasteiger partial charge < -0.3 is 0 Å². The van der Waals surface area contributed by atoms with E-state index < -0.39 is 0 Å². The van der Waals surface area contributed by atoms with Crippen LogP contribution in [0.15, 0.2) is 0 Å². The van der Waals surface area contributed by atoms with Gasteiger partial charge in [-0.1, -0.05) is 34.6 Å². The lowest BCUT2D eigenvalue weighted by Crippen LogP contribution is -2.10. The Morgan fingerprint density at radius 3 is 1.62 bits per heavy atom. The van der Waals surface area contributed by atoms with Crippen LogP contribution in [-0.4, -0.2) is 0 Å². The van der Waals surface area contributed by atoms with Gasteiger partial charge in [-0.3, -0.25) is 0 Å². The van der Waals surface area contributed by atoms with Crippen LogP contribution in [0.25, 0.3) is 0 Å². The Kier molecular flexibility index (Phi) is 1.19. The first-order valence-corrected chi connectivity index (χ1v) is 5.88. The third-order valence-electron chi connectivity index (χ3n) is 5.92. The minimum atomic E-state index is 0.697. The van der Waals surface area contributed by atoms with Crippen LogP contribution in [0.2, 0.25) is 0 Å². The van der Waals surface area contributed by atoms with E-state index in [1.165, 1.54) is 0 Å². The highest BCUT2D eigenvalue weighted by molar-refractivity contribution is 5.21. The van der Waals surface area contributed by atoms with E-state index in [1.807, 2.05) is 0 Å². The van der Waals surface area contributed by atoms with Gasteiger partial charge in [-0.15, -0.1) is 0 Å². The van der Waals surface area contributed by atoms with Gasteiger partial charge in [-0.2, -0.15) is 0 Å². The van der Waals surface area contributed by atoms with Gasteiger partial charge in [0.15, 0.2) is 0 Å². The van der Waals surface area contributed by atoms with Crippen molar-refractivity contribution in [2.45, 2.75) is 41.0 Å². The molecule has 3 saturated carbocycles. The topological polar surface area (TPSA) is 0 Å². The fourth-order valence-electron chi connectivity index (χ4n) is 5.06. The van der Waals surface area contributed by atoms with Gasteiger partial charge >= 0.3 is 0 Å². The monoisotopic (exact) mass is 178 g/mol. The average Bonchev–Trinajstić information content (AvgIpc) is 2.72. The fourth-order valence-corrected chi connectivity index (χ4v) is 5.06. The Labute approximate surface area is 82.1 Å². The quantitative estimate of drug-likeness (QED) is 0.532. The SMILES string of the molecule is CC1C2C(CC3C1C3(C)C)C2(C)C. The molecule has 3 aliphatic carbocycles. The van der Waals surface area contributed by atoms with Crippen LogP contribution in [0.1, 0.15) is 41.0 Å². The summed E-state index contributed by atoms with van der Waals surface area (Å²) in [5.74, 6) is 5.29. The third-order valence-corrected chi connectivity index (χ3v) is 5.92. The van der Waals surface area contributed by atoms with Crippen molar-refractivity contribution >= 4 is 0 Å². The van der Waals surface area contributed by atoms with Gasteiger partial charge in [-0.25, -0.2) is 0 Å². The van der Waals surface area contributed by atoms with E-state index in [-0.39, 0.29) is 0 Å². The van der Waals surface area contributed by atoms with Gasteiger partial charge in [0.25, 0.3) is 0 Å². The summed E-state index contributed by atoms with van der Waals surface area (Å²) < 4.78 is 0. The van der Waals surface area contributed by atoms with Crippen molar-refractivity contribution in [3.05, 3.63) is 0 Å². The zero-order valence-corrected chi connectivity index (χ0v) is 9.59. The second-order valence-electron chi connectivity index (χ2n) is 7.00. The summed E-state index contributed by atoms with van der Waals surface area (Å²) in [7, 11) is 0. The Morgan fingerprint density at radius 1 is 0.846 bits per heavy atom.